The van der Waals surface area contributed by atoms with E-state index in [1.54, 1.807) is 54.6 Å². The predicted octanol–water partition coefficient (Wildman–Crippen LogP) is 7.49. The van der Waals surface area contributed by atoms with Gasteiger partial charge in [0.05, 0.1) is 0 Å². The highest BCUT2D eigenvalue weighted by atomic mass is 19.2. The Morgan fingerprint density at radius 1 is 0.469 bits per heavy atom. The Labute approximate surface area is 181 Å². The van der Waals surface area contributed by atoms with E-state index in [9.17, 15) is 13.2 Å². The first-order valence-electron chi connectivity index (χ1n) is 9.96. The van der Waals surface area contributed by atoms with E-state index in [1.165, 1.54) is 0 Å². The zero-order chi connectivity index (χ0) is 22.4. The molecule has 158 valence electrons. The average molecular weight is 434 g/mol. The van der Waals surface area contributed by atoms with Crippen LogP contribution in [0.15, 0.2) is 84.9 Å². The van der Waals surface area contributed by atoms with Gasteiger partial charge < -0.3 is 0 Å². The van der Waals surface area contributed by atoms with Crippen molar-refractivity contribution in [2.75, 3.05) is 0 Å². The van der Waals surface area contributed by atoms with Crippen LogP contribution in [-0.4, -0.2) is 0 Å². The van der Waals surface area contributed by atoms with Gasteiger partial charge in [0.15, 0.2) is 23.3 Å². The van der Waals surface area contributed by atoms with E-state index in [1.807, 2.05) is 30.3 Å². The number of halogens is 5. The molecule has 32 heavy (non-hydrogen) atoms. The van der Waals surface area contributed by atoms with Gasteiger partial charge in [0.2, 0.25) is 5.82 Å². The van der Waals surface area contributed by atoms with E-state index in [0.29, 0.717) is 27.8 Å². The van der Waals surface area contributed by atoms with Crippen LogP contribution < -0.4 is 0 Å². The highest BCUT2D eigenvalue weighted by Crippen LogP contribution is 2.53. The number of hydrogen-bond acceptors (Lipinski definition) is 0. The SMILES string of the molecule is Fc1c(F)c(F)c(C2C(c3ccccc3)=C(c3ccccc3)c3ccccc32)c(F)c1F. The fourth-order valence-electron chi connectivity index (χ4n) is 4.44. The molecule has 4 aromatic rings. The van der Waals surface area contributed by atoms with Crippen molar-refractivity contribution in [2.24, 2.45) is 0 Å². The Kier molecular flexibility index (Phi) is 4.89. The van der Waals surface area contributed by atoms with Crippen molar-refractivity contribution in [3.8, 4) is 0 Å². The molecule has 1 unspecified atom stereocenters. The molecular weight excluding hydrogens is 419 g/mol. The van der Waals surface area contributed by atoms with Gasteiger partial charge in [-0.25, -0.2) is 22.0 Å². The van der Waals surface area contributed by atoms with Crippen molar-refractivity contribution in [2.45, 2.75) is 5.92 Å². The molecule has 5 rings (SSSR count). The Hall–Kier alpha value is -3.73. The van der Waals surface area contributed by atoms with Crippen LogP contribution >= 0.6 is 0 Å². The van der Waals surface area contributed by atoms with Gasteiger partial charge >= 0.3 is 0 Å². The van der Waals surface area contributed by atoms with Crippen LogP contribution in [0.4, 0.5) is 22.0 Å². The first kappa shape index (κ1) is 20.2. The van der Waals surface area contributed by atoms with Crippen molar-refractivity contribution >= 4 is 11.1 Å². The second-order valence-corrected chi connectivity index (χ2v) is 7.52. The molecule has 5 heteroatoms. The zero-order valence-corrected chi connectivity index (χ0v) is 16.6. The highest BCUT2D eigenvalue weighted by molar-refractivity contribution is 6.06. The second kappa shape index (κ2) is 7.75. The normalized spacial score (nSPS) is 15.2. The lowest BCUT2D eigenvalue weighted by molar-refractivity contribution is 0.370. The molecule has 0 saturated carbocycles. The summed E-state index contributed by atoms with van der Waals surface area (Å²) in [4.78, 5) is 0. The van der Waals surface area contributed by atoms with Gasteiger partial charge in [0.1, 0.15) is 0 Å². The third-order valence-electron chi connectivity index (χ3n) is 5.78. The minimum atomic E-state index is -2.16. The molecule has 0 fully saturated rings. The first-order chi connectivity index (χ1) is 15.5. The zero-order valence-electron chi connectivity index (χ0n) is 16.6. The smallest absolute Gasteiger partial charge is 0.200 e. The van der Waals surface area contributed by atoms with E-state index in [0.717, 1.165) is 5.56 Å². The lowest BCUT2D eigenvalue weighted by atomic mass is 9.83. The van der Waals surface area contributed by atoms with E-state index in [2.05, 4.69) is 0 Å². The molecule has 1 aliphatic carbocycles. The number of benzene rings is 4. The van der Waals surface area contributed by atoms with Crippen molar-refractivity contribution in [1.29, 1.82) is 0 Å². The summed E-state index contributed by atoms with van der Waals surface area (Å²) in [6, 6.07) is 25.0. The van der Waals surface area contributed by atoms with Crippen LogP contribution in [0.5, 0.6) is 0 Å². The van der Waals surface area contributed by atoms with Crippen LogP contribution in [0.25, 0.3) is 11.1 Å². The number of rotatable bonds is 3. The molecule has 0 N–H and O–H groups in total. The van der Waals surface area contributed by atoms with Crippen LogP contribution in [0, 0.1) is 29.1 Å². The molecule has 0 aromatic heterocycles. The largest absolute Gasteiger partial charge is 0.203 e. The van der Waals surface area contributed by atoms with Crippen LogP contribution in [0.3, 0.4) is 0 Å². The summed E-state index contributed by atoms with van der Waals surface area (Å²) in [6.45, 7) is 0. The van der Waals surface area contributed by atoms with Crippen LogP contribution in [0.2, 0.25) is 0 Å². The predicted molar refractivity (Wildman–Crippen MR) is 113 cm³/mol. The molecule has 1 aliphatic rings. The minimum Gasteiger partial charge on any atom is -0.203 e. The third-order valence-corrected chi connectivity index (χ3v) is 5.78. The Balaban J connectivity index is 1.92. The number of fused-ring (bicyclic) bond motifs is 1. The summed E-state index contributed by atoms with van der Waals surface area (Å²) in [5.41, 5.74) is 2.92. The number of allylic oxidation sites excluding steroid dienone is 1. The maximum absolute atomic E-state index is 15.0. The Bertz CT molecular complexity index is 1330. The molecule has 0 amide bonds. The third kappa shape index (κ3) is 2.96. The first-order valence-corrected chi connectivity index (χ1v) is 9.96. The van der Waals surface area contributed by atoms with Crippen molar-refractivity contribution in [3.05, 3.63) is 142 Å². The van der Waals surface area contributed by atoms with Crippen molar-refractivity contribution < 1.29 is 22.0 Å². The fraction of sp³-hybridized carbons (Fsp3) is 0.0370. The van der Waals surface area contributed by atoms with Crippen LogP contribution in [-0.2, 0) is 0 Å². The maximum atomic E-state index is 15.0. The van der Waals surface area contributed by atoms with Gasteiger partial charge in [-0.2, -0.15) is 0 Å². The molecule has 0 spiro atoms. The summed E-state index contributed by atoms with van der Waals surface area (Å²) in [5.74, 6) is -10.9. The molecule has 0 heterocycles. The maximum Gasteiger partial charge on any atom is 0.200 e. The fourth-order valence-corrected chi connectivity index (χ4v) is 4.44. The summed E-state index contributed by atoms with van der Waals surface area (Å²) in [6.07, 6.45) is 0. The molecule has 0 nitrogen and oxygen atoms in total. The van der Waals surface area contributed by atoms with Gasteiger partial charge in [-0.3, -0.25) is 0 Å². The van der Waals surface area contributed by atoms with Gasteiger partial charge in [-0.15, -0.1) is 0 Å². The van der Waals surface area contributed by atoms with Gasteiger partial charge in [0.25, 0.3) is 0 Å². The summed E-state index contributed by atoms with van der Waals surface area (Å²) >= 11 is 0. The van der Waals surface area contributed by atoms with E-state index < -0.39 is 40.6 Å². The Morgan fingerprint density at radius 3 is 1.53 bits per heavy atom. The second-order valence-electron chi connectivity index (χ2n) is 7.52. The lowest BCUT2D eigenvalue weighted by Crippen LogP contribution is -2.13. The van der Waals surface area contributed by atoms with Crippen molar-refractivity contribution in [3.63, 3.8) is 0 Å². The lowest BCUT2D eigenvalue weighted by Gasteiger charge is -2.20. The van der Waals surface area contributed by atoms with Gasteiger partial charge in [-0.1, -0.05) is 84.9 Å². The summed E-state index contributed by atoms with van der Waals surface area (Å²) < 4.78 is 72.3. The van der Waals surface area contributed by atoms with E-state index >= 15 is 8.78 Å². The minimum absolute atomic E-state index is 0.480. The summed E-state index contributed by atoms with van der Waals surface area (Å²) in [5, 5.41) is 0. The molecule has 4 aromatic carbocycles. The molecular formula is C27H15F5. The Morgan fingerprint density at radius 2 is 0.938 bits per heavy atom. The molecule has 0 saturated heterocycles. The molecule has 0 bridgehead atoms. The molecule has 0 aliphatic heterocycles. The summed E-state index contributed by atoms with van der Waals surface area (Å²) in [7, 11) is 0. The van der Waals surface area contributed by atoms with Crippen LogP contribution in [0.1, 0.15) is 33.7 Å². The monoisotopic (exact) mass is 434 g/mol. The average Bonchev–Trinajstić information content (AvgIpc) is 3.18. The highest BCUT2D eigenvalue weighted by Gasteiger charge is 2.39. The topological polar surface area (TPSA) is 0 Å². The van der Waals surface area contributed by atoms with Gasteiger partial charge in [0, 0.05) is 11.5 Å². The van der Waals surface area contributed by atoms with Gasteiger partial charge in [-0.05, 0) is 33.4 Å². The van der Waals surface area contributed by atoms with Crippen molar-refractivity contribution in [1.82, 2.24) is 0 Å². The molecule has 0 radical (unpaired) electrons. The standard InChI is InChI=1S/C27H15F5/c28-23-22(24(29)26(31)27(32)25(23)30)21-18-14-8-7-13-17(18)19(15-9-3-1-4-10-15)20(21)16-11-5-2-6-12-16/h1-14,21H. The quantitative estimate of drug-likeness (QED) is 0.178. The molecule has 1 atom stereocenters. The van der Waals surface area contributed by atoms with E-state index in [-0.39, 0.29) is 0 Å². The number of hydrogen-bond donors (Lipinski definition) is 0. The van der Waals surface area contributed by atoms with E-state index in [4.69, 9.17) is 0 Å².